The summed E-state index contributed by atoms with van der Waals surface area (Å²) in [6.45, 7) is 2.91. The number of aliphatic hydroxyl groups excluding tert-OH is 1. The number of carbonyl (C=O) groups is 2. The lowest BCUT2D eigenvalue weighted by Crippen LogP contribution is -2.49. The van der Waals surface area contributed by atoms with Crippen LogP contribution in [0.25, 0.3) is 0 Å². The number of carboxylic acids is 1. The van der Waals surface area contributed by atoms with Crippen molar-refractivity contribution < 1.29 is 19.8 Å². The zero-order chi connectivity index (χ0) is 14.0. The minimum absolute atomic E-state index is 0.122. The molecule has 106 valence electrons. The highest BCUT2D eigenvalue weighted by atomic mass is 16.4. The van der Waals surface area contributed by atoms with Gasteiger partial charge in [-0.3, -0.25) is 9.59 Å². The highest BCUT2D eigenvalue weighted by Crippen LogP contribution is 2.29. The number of carbonyl (C=O) groups excluding carboxylic acids is 1. The van der Waals surface area contributed by atoms with Crippen LogP contribution in [0.4, 0.5) is 0 Å². The molecule has 4 atom stereocenters. The number of carboxylic acid groups (broad SMARTS) is 1. The summed E-state index contributed by atoms with van der Waals surface area (Å²) in [5.74, 6) is -1.95. The standard InChI is InChI=1S/C14H21NO4/c1-9-6-7-15(8-12(9)16)13(17)10-4-2-3-5-11(10)14(18)19/h2-3,9-12,16H,4-8H2,1H3,(H,18,19)/t9?,10-,11+,12?/m1/s1. The molecule has 5 heteroatoms. The molecule has 1 amide bonds. The third-order valence-corrected chi connectivity index (χ3v) is 4.30. The topological polar surface area (TPSA) is 77.8 Å². The van der Waals surface area contributed by atoms with Gasteiger partial charge in [0.15, 0.2) is 0 Å². The number of piperidine rings is 1. The number of rotatable bonds is 2. The lowest BCUT2D eigenvalue weighted by molar-refractivity contribution is -0.152. The van der Waals surface area contributed by atoms with Crippen LogP contribution in [-0.2, 0) is 9.59 Å². The summed E-state index contributed by atoms with van der Waals surface area (Å²) in [5, 5.41) is 19.0. The zero-order valence-corrected chi connectivity index (χ0v) is 11.2. The number of β-amino-alcohol motifs (C(OH)–C–C–N with tert-alkyl or cyclic N) is 1. The Kier molecular flexibility index (Phi) is 4.24. The van der Waals surface area contributed by atoms with E-state index in [9.17, 15) is 19.8 Å². The van der Waals surface area contributed by atoms with Gasteiger partial charge in [0, 0.05) is 13.1 Å². The molecule has 19 heavy (non-hydrogen) atoms. The molecule has 2 rings (SSSR count). The van der Waals surface area contributed by atoms with E-state index < -0.39 is 23.9 Å². The van der Waals surface area contributed by atoms with Crippen molar-refractivity contribution in [2.24, 2.45) is 17.8 Å². The van der Waals surface area contributed by atoms with Gasteiger partial charge in [-0.2, -0.15) is 0 Å². The maximum absolute atomic E-state index is 12.4. The van der Waals surface area contributed by atoms with Crippen LogP contribution < -0.4 is 0 Å². The van der Waals surface area contributed by atoms with Crippen molar-refractivity contribution in [1.82, 2.24) is 4.90 Å². The Morgan fingerprint density at radius 3 is 2.42 bits per heavy atom. The summed E-state index contributed by atoms with van der Waals surface area (Å²) in [7, 11) is 0. The van der Waals surface area contributed by atoms with Crippen molar-refractivity contribution in [3.63, 3.8) is 0 Å². The van der Waals surface area contributed by atoms with Crippen LogP contribution in [0.15, 0.2) is 12.2 Å². The molecule has 1 aliphatic heterocycles. The quantitative estimate of drug-likeness (QED) is 0.728. The van der Waals surface area contributed by atoms with Gasteiger partial charge in [0.25, 0.3) is 0 Å². The first-order valence-electron chi connectivity index (χ1n) is 6.85. The molecule has 0 aromatic heterocycles. The van der Waals surface area contributed by atoms with Gasteiger partial charge in [0.2, 0.25) is 5.91 Å². The van der Waals surface area contributed by atoms with E-state index in [1.165, 1.54) is 0 Å². The second-order valence-electron chi connectivity index (χ2n) is 5.61. The first-order valence-corrected chi connectivity index (χ1v) is 6.85. The van der Waals surface area contributed by atoms with Gasteiger partial charge in [-0.1, -0.05) is 19.1 Å². The fourth-order valence-electron chi connectivity index (χ4n) is 2.84. The number of likely N-dealkylation sites (tertiary alicyclic amines) is 1. The molecule has 2 N–H and O–H groups in total. The summed E-state index contributed by atoms with van der Waals surface area (Å²) >= 11 is 0. The minimum Gasteiger partial charge on any atom is -0.481 e. The van der Waals surface area contributed by atoms with E-state index in [4.69, 9.17) is 0 Å². The molecular weight excluding hydrogens is 246 g/mol. The fourth-order valence-corrected chi connectivity index (χ4v) is 2.84. The predicted octanol–water partition coefficient (Wildman–Crippen LogP) is 0.883. The van der Waals surface area contributed by atoms with Gasteiger partial charge in [-0.05, 0) is 25.2 Å². The molecule has 0 saturated carbocycles. The number of allylic oxidation sites excluding steroid dienone is 2. The summed E-state index contributed by atoms with van der Waals surface area (Å²) in [6.07, 6.45) is 4.88. The number of nitrogens with zero attached hydrogens (tertiary/aromatic N) is 1. The van der Waals surface area contributed by atoms with Crippen LogP contribution in [-0.4, -0.2) is 46.2 Å². The van der Waals surface area contributed by atoms with E-state index in [2.05, 4.69) is 0 Å². The molecule has 2 aliphatic rings. The molecule has 5 nitrogen and oxygen atoms in total. The number of aliphatic hydroxyl groups is 1. The number of hydrogen-bond donors (Lipinski definition) is 2. The Morgan fingerprint density at radius 1 is 1.21 bits per heavy atom. The van der Waals surface area contributed by atoms with Crippen LogP contribution >= 0.6 is 0 Å². The van der Waals surface area contributed by atoms with Gasteiger partial charge in [-0.25, -0.2) is 0 Å². The number of hydrogen-bond acceptors (Lipinski definition) is 3. The second kappa shape index (κ2) is 5.74. The van der Waals surface area contributed by atoms with Crippen LogP contribution in [0, 0.1) is 17.8 Å². The molecule has 0 radical (unpaired) electrons. The monoisotopic (exact) mass is 267 g/mol. The maximum Gasteiger partial charge on any atom is 0.307 e. The first-order chi connectivity index (χ1) is 9.00. The second-order valence-corrected chi connectivity index (χ2v) is 5.61. The third-order valence-electron chi connectivity index (χ3n) is 4.30. The van der Waals surface area contributed by atoms with E-state index in [0.717, 1.165) is 6.42 Å². The normalized spacial score (nSPS) is 35.2. The van der Waals surface area contributed by atoms with E-state index in [1.54, 1.807) is 4.90 Å². The highest BCUT2D eigenvalue weighted by Gasteiger charge is 2.38. The van der Waals surface area contributed by atoms with Crippen molar-refractivity contribution in [2.75, 3.05) is 13.1 Å². The van der Waals surface area contributed by atoms with E-state index in [-0.39, 0.29) is 11.8 Å². The van der Waals surface area contributed by atoms with Crippen molar-refractivity contribution in [2.45, 2.75) is 32.3 Å². The minimum atomic E-state index is -0.909. The van der Waals surface area contributed by atoms with Gasteiger partial charge < -0.3 is 15.1 Å². The molecule has 0 bridgehead atoms. The zero-order valence-electron chi connectivity index (χ0n) is 11.2. The average molecular weight is 267 g/mol. The van der Waals surface area contributed by atoms with Crippen LogP contribution in [0.5, 0.6) is 0 Å². The fraction of sp³-hybridized carbons (Fsp3) is 0.714. The summed E-state index contributed by atoms with van der Waals surface area (Å²) in [5.41, 5.74) is 0. The average Bonchev–Trinajstić information content (AvgIpc) is 2.41. The van der Waals surface area contributed by atoms with Crippen molar-refractivity contribution >= 4 is 11.9 Å². The molecule has 0 aromatic rings. The Balaban J connectivity index is 2.06. The Bertz CT molecular complexity index is 393. The Labute approximate surface area is 112 Å². The molecular formula is C14H21NO4. The van der Waals surface area contributed by atoms with Crippen molar-refractivity contribution in [3.05, 3.63) is 12.2 Å². The van der Waals surface area contributed by atoms with Crippen LogP contribution in [0.3, 0.4) is 0 Å². The largest absolute Gasteiger partial charge is 0.481 e. The lowest BCUT2D eigenvalue weighted by Gasteiger charge is -2.37. The third kappa shape index (κ3) is 2.97. The Morgan fingerprint density at radius 2 is 1.84 bits per heavy atom. The smallest absolute Gasteiger partial charge is 0.307 e. The molecule has 1 fully saturated rings. The molecule has 0 aromatic carbocycles. The van der Waals surface area contributed by atoms with Gasteiger partial charge in [0.1, 0.15) is 0 Å². The summed E-state index contributed by atoms with van der Waals surface area (Å²) in [6, 6.07) is 0. The van der Waals surface area contributed by atoms with Crippen molar-refractivity contribution in [1.29, 1.82) is 0 Å². The molecule has 1 aliphatic carbocycles. The van der Waals surface area contributed by atoms with Crippen LogP contribution in [0.2, 0.25) is 0 Å². The van der Waals surface area contributed by atoms with E-state index in [0.29, 0.717) is 25.9 Å². The number of amides is 1. The first kappa shape index (κ1) is 14.1. The lowest BCUT2D eigenvalue weighted by atomic mass is 9.81. The predicted molar refractivity (Wildman–Crippen MR) is 69.4 cm³/mol. The van der Waals surface area contributed by atoms with Gasteiger partial charge >= 0.3 is 5.97 Å². The van der Waals surface area contributed by atoms with E-state index >= 15 is 0 Å². The highest BCUT2D eigenvalue weighted by molar-refractivity contribution is 5.85. The summed E-state index contributed by atoms with van der Waals surface area (Å²) in [4.78, 5) is 25.3. The number of aliphatic carboxylic acids is 1. The maximum atomic E-state index is 12.4. The SMILES string of the molecule is CC1CCN(C(=O)[C@@H]2CC=CC[C@@H]2C(=O)O)CC1O. The molecule has 1 saturated heterocycles. The van der Waals surface area contributed by atoms with Gasteiger partial charge in [0.05, 0.1) is 17.9 Å². The molecule has 0 spiro atoms. The molecule has 1 heterocycles. The summed E-state index contributed by atoms with van der Waals surface area (Å²) < 4.78 is 0. The molecule has 2 unspecified atom stereocenters. The van der Waals surface area contributed by atoms with E-state index in [1.807, 2.05) is 19.1 Å². The van der Waals surface area contributed by atoms with Gasteiger partial charge in [-0.15, -0.1) is 0 Å². The Hall–Kier alpha value is -1.36. The van der Waals surface area contributed by atoms with Crippen LogP contribution in [0.1, 0.15) is 26.2 Å². The van der Waals surface area contributed by atoms with Crippen molar-refractivity contribution in [3.8, 4) is 0 Å².